The molecule has 0 aliphatic rings. The predicted molar refractivity (Wildman–Crippen MR) is 84.7 cm³/mol. The van der Waals surface area contributed by atoms with Crippen molar-refractivity contribution in [2.75, 3.05) is 11.9 Å². The van der Waals surface area contributed by atoms with Gasteiger partial charge in [-0.05, 0) is 32.9 Å². The van der Waals surface area contributed by atoms with Crippen molar-refractivity contribution in [3.8, 4) is 5.75 Å². The van der Waals surface area contributed by atoms with E-state index < -0.39 is 23.2 Å². The van der Waals surface area contributed by atoms with Gasteiger partial charge < -0.3 is 15.2 Å². The Bertz CT molecular complexity index is 770. The summed E-state index contributed by atoms with van der Waals surface area (Å²) in [6, 6.07) is 4.05. The highest BCUT2D eigenvalue weighted by atomic mass is 19.1. The van der Waals surface area contributed by atoms with Crippen molar-refractivity contribution in [1.82, 2.24) is 9.78 Å². The molecule has 7 nitrogen and oxygen atoms in total. The third-order valence-electron chi connectivity index (χ3n) is 3.44. The van der Waals surface area contributed by atoms with Crippen molar-refractivity contribution in [3.05, 3.63) is 42.0 Å². The first-order valence-electron chi connectivity index (χ1n) is 7.28. The largest absolute Gasteiger partial charge is 0.490 e. The van der Waals surface area contributed by atoms with Crippen LogP contribution in [0.15, 0.2) is 30.6 Å². The first-order valence-corrected chi connectivity index (χ1v) is 7.28. The van der Waals surface area contributed by atoms with Crippen molar-refractivity contribution in [2.45, 2.75) is 26.3 Å². The van der Waals surface area contributed by atoms with Gasteiger partial charge in [0, 0.05) is 6.20 Å². The van der Waals surface area contributed by atoms with E-state index in [9.17, 15) is 19.1 Å². The fourth-order valence-electron chi connectivity index (χ4n) is 1.97. The van der Waals surface area contributed by atoms with Crippen LogP contribution in [0.5, 0.6) is 5.75 Å². The molecule has 24 heavy (non-hydrogen) atoms. The Morgan fingerprint density at radius 3 is 2.75 bits per heavy atom. The fraction of sp³-hybridized carbons (Fsp3) is 0.312. The number of aliphatic carboxylic acids is 1. The summed E-state index contributed by atoms with van der Waals surface area (Å²) in [7, 11) is 0. The summed E-state index contributed by atoms with van der Waals surface area (Å²) < 4.78 is 20.2. The van der Waals surface area contributed by atoms with E-state index in [2.05, 4.69) is 10.4 Å². The maximum Gasteiger partial charge on any atom is 0.331 e. The summed E-state index contributed by atoms with van der Waals surface area (Å²) in [5, 5.41) is 15.7. The van der Waals surface area contributed by atoms with Gasteiger partial charge in [0.1, 0.15) is 0 Å². The molecule has 2 aromatic rings. The number of nitrogens with zero attached hydrogens (tertiary/aromatic N) is 2. The number of ether oxygens (including phenoxy) is 1. The van der Waals surface area contributed by atoms with Crippen LogP contribution in [0.25, 0.3) is 0 Å². The standard InChI is InChI=1S/C16H18FN3O4/c1-4-24-13-11(6-5-7-12(13)17)14(21)19-10-8-18-20(9-10)16(2,3)15(22)23/h5-9H,4H2,1-3H3,(H,19,21)(H,22,23). The number of carboxylic acids is 1. The molecule has 1 aromatic heterocycles. The average molecular weight is 335 g/mol. The highest BCUT2D eigenvalue weighted by Gasteiger charge is 2.30. The predicted octanol–water partition coefficient (Wildman–Crippen LogP) is 2.49. The summed E-state index contributed by atoms with van der Waals surface area (Å²) in [6.07, 6.45) is 2.72. The van der Waals surface area contributed by atoms with Crippen LogP contribution in [-0.4, -0.2) is 33.4 Å². The van der Waals surface area contributed by atoms with Gasteiger partial charge in [-0.15, -0.1) is 0 Å². The number of halogens is 1. The van der Waals surface area contributed by atoms with E-state index in [0.717, 1.165) is 0 Å². The summed E-state index contributed by atoms with van der Waals surface area (Å²) in [5.74, 6) is -2.40. The van der Waals surface area contributed by atoms with Crippen molar-refractivity contribution < 1.29 is 23.8 Å². The van der Waals surface area contributed by atoms with Gasteiger partial charge in [-0.2, -0.15) is 5.10 Å². The lowest BCUT2D eigenvalue weighted by molar-refractivity contribution is -0.146. The molecule has 0 spiro atoms. The second-order valence-corrected chi connectivity index (χ2v) is 5.54. The van der Waals surface area contributed by atoms with Crippen molar-refractivity contribution in [3.63, 3.8) is 0 Å². The molecule has 0 aliphatic heterocycles. The van der Waals surface area contributed by atoms with Crippen LogP contribution >= 0.6 is 0 Å². The third kappa shape index (κ3) is 3.37. The van der Waals surface area contributed by atoms with E-state index in [1.807, 2.05) is 0 Å². The molecule has 1 amide bonds. The summed E-state index contributed by atoms with van der Waals surface area (Å²) in [4.78, 5) is 23.6. The monoisotopic (exact) mass is 335 g/mol. The van der Waals surface area contributed by atoms with Gasteiger partial charge in [-0.25, -0.2) is 9.18 Å². The molecule has 0 radical (unpaired) electrons. The van der Waals surface area contributed by atoms with Gasteiger partial charge in [-0.3, -0.25) is 9.48 Å². The Morgan fingerprint density at radius 2 is 2.12 bits per heavy atom. The average Bonchev–Trinajstić information content (AvgIpc) is 2.98. The summed E-state index contributed by atoms with van der Waals surface area (Å²) in [5.41, 5.74) is -0.929. The topological polar surface area (TPSA) is 93.5 Å². The Balaban J connectivity index is 2.24. The number of carbonyl (C=O) groups is 2. The SMILES string of the molecule is CCOc1c(F)cccc1C(=O)Nc1cnn(C(C)(C)C(=O)O)c1. The first-order chi connectivity index (χ1) is 11.3. The molecule has 1 heterocycles. The number of benzene rings is 1. The molecule has 2 N–H and O–H groups in total. The minimum absolute atomic E-state index is 0.0436. The zero-order chi connectivity index (χ0) is 17.9. The highest BCUT2D eigenvalue weighted by Crippen LogP contribution is 2.24. The van der Waals surface area contributed by atoms with Crippen LogP contribution < -0.4 is 10.1 Å². The second kappa shape index (κ2) is 6.69. The van der Waals surface area contributed by atoms with E-state index in [0.29, 0.717) is 5.69 Å². The Kier molecular flexibility index (Phi) is 4.87. The van der Waals surface area contributed by atoms with Crippen LogP contribution in [0, 0.1) is 5.82 Å². The lowest BCUT2D eigenvalue weighted by Crippen LogP contribution is -2.35. The quantitative estimate of drug-likeness (QED) is 0.846. The van der Waals surface area contributed by atoms with E-state index in [1.165, 1.54) is 49.1 Å². The number of anilines is 1. The molecule has 0 fully saturated rings. The number of nitrogens with one attached hydrogen (secondary N) is 1. The smallest absolute Gasteiger partial charge is 0.331 e. The van der Waals surface area contributed by atoms with Crippen LogP contribution in [0.3, 0.4) is 0 Å². The molecule has 0 atom stereocenters. The number of aromatic nitrogens is 2. The molecule has 0 bridgehead atoms. The molecule has 0 aliphatic carbocycles. The zero-order valence-electron chi connectivity index (χ0n) is 13.5. The van der Waals surface area contributed by atoms with Crippen molar-refractivity contribution in [2.24, 2.45) is 0 Å². The second-order valence-electron chi connectivity index (χ2n) is 5.54. The number of rotatable bonds is 6. The minimum atomic E-state index is -1.27. The van der Waals surface area contributed by atoms with Crippen molar-refractivity contribution >= 4 is 17.6 Å². The maximum absolute atomic E-state index is 13.8. The normalized spacial score (nSPS) is 11.2. The van der Waals surface area contributed by atoms with E-state index in [-0.39, 0.29) is 17.9 Å². The maximum atomic E-state index is 13.8. The molecular weight excluding hydrogens is 317 g/mol. The van der Waals surface area contributed by atoms with Gasteiger partial charge >= 0.3 is 5.97 Å². The number of para-hydroxylation sites is 1. The molecule has 0 saturated heterocycles. The molecular formula is C16H18FN3O4. The van der Waals surface area contributed by atoms with E-state index in [1.54, 1.807) is 6.92 Å². The Labute approximate surface area is 138 Å². The highest BCUT2D eigenvalue weighted by molar-refractivity contribution is 6.06. The molecule has 128 valence electrons. The lowest BCUT2D eigenvalue weighted by Gasteiger charge is -2.19. The van der Waals surface area contributed by atoms with E-state index in [4.69, 9.17) is 4.74 Å². The number of amides is 1. The van der Waals surface area contributed by atoms with E-state index >= 15 is 0 Å². The van der Waals surface area contributed by atoms with Crippen molar-refractivity contribution in [1.29, 1.82) is 0 Å². The zero-order valence-corrected chi connectivity index (χ0v) is 13.5. The van der Waals surface area contributed by atoms with Gasteiger partial charge in [0.05, 0.1) is 24.1 Å². The molecule has 0 saturated carbocycles. The molecule has 1 aromatic carbocycles. The molecule has 8 heteroatoms. The fourth-order valence-corrected chi connectivity index (χ4v) is 1.97. The summed E-state index contributed by atoms with van der Waals surface area (Å²) >= 11 is 0. The van der Waals surface area contributed by atoms with Crippen LogP contribution in [0.4, 0.5) is 10.1 Å². The molecule has 0 unspecified atom stereocenters. The van der Waals surface area contributed by atoms with Gasteiger partial charge in [0.15, 0.2) is 17.1 Å². The number of hydrogen-bond acceptors (Lipinski definition) is 4. The van der Waals surface area contributed by atoms with Gasteiger partial charge in [-0.1, -0.05) is 6.07 Å². The number of carbonyl (C=O) groups excluding carboxylic acids is 1. The summed E-state index contributed by atoms with van der Waals surface area (Å²) in [6.45, 7) is 4.86. The number of carboxylic acid groups (broad SMARTS) is 1. The first kappa shape index (κ1) is 17.5. The van der Waals surface area contributed by atoms with Crippen LogP contribution in [0.1, 0.15) is 31.1 Å². The Morgan fingerprint density at radius 1 is 1.42 bits per heavy atom. The number of hydrogen-bond donors (Lipinski definition) is 2. The van der Waals surface area contributed by atoms with Crippen LogP contribution in [-0.2, 0) is 10.3 Å². The van der Waals surface area contributed by atoms with Crippen LogP contribution in [0.2, 0.25) is 0 Å². The van der Waals surface area contributed by atoms with Gasteiger partial charge in [0.2, 0.25) is 0 Å². The van der Waals surface area contributed by atoms with Gasteiger partial charge in [0.25, 0.3) is 5.91 Å². The lowest BCUT2D eigenvalue weighted by atomic mass is 10.1. The third-order valence-corrected chi connectivity index (χ3v) is 3.44. The minimum Gasteiger partial charge on any atom is -0.490 e. The Hall–Kier alpha value is -2.90. The molecule has 2 rings (SSSR count).